The van der Waals surface area contributed by atoms with E-state index in [2.05, 4.69) is 37.0 Å². The lowest BCUT2D eigenvalue weighted by Gasteiger charge is -2.12. The van der Waals surface area contributed by atoms with E-state index in [0.29, 0.717) is 12.5 Å². The van der Waals surface area contributed by atoms with Crippen LogP contribution in [0.4, 0.5) is 0 Å². The Hall–Kier alpha value is -1.41. The van der Waals surface area contributed by atoms with Gasteiger partial charge in [-0.1, -0.05) is 19.9 Å². The number of hydrogen-bond acceptors (Lipinski definition) is 2. The second-order valence-corrected chi connectivity index (χ2v) is 4.37. The Morgan fingerprint density at radius 3 is 2.81 bits per heavy atom. The van der Waals surface area contributed by atoms with Gasteiger partial charge < -0.3 is 4.74 Å². The Morgan fingerprint density at radius 2 is 2.12 bits per heavy atom. The van der Waals surface area contributed by atoms with Crippen LogP contribution in [0.15, 0.2) is 30.6 Å². The summed E-state index contributed by atoms with van der Waals surface area (Å²) in [6.45, 7) is 5.08. The molecule has 0 aliphatic heterocycles. The van der Waals surface area contributed by atoms with E-state index < -0.39 is 0 Å². The van der Waals surface area contributed by atoms with Gasteiger partial charge in [-0.2, -0.15) is 0 Å². The van der Waals surface area contributed by atoms with Crippen molar-refractivity contribution in [3.63, 3.8) is 0 Å². The van der Waals surface area contributed by atoms with Gasteiger partial charge >= 0.3 is 0 Å². The van der Waals surface area contributed by atoms with Crippen LogP contribution in [-0.4, -0.2) is 12.1 Å². The average Bonchev–Trinajstić information content (AvgIpc) is 2.28. The van der Waals surface area contributed by atoms with Gasteiger partial charge in [0, 0.05) is 24.9 Å². The monoisotopic (exact) mass is 215 g/mol. The Morgan fingerprint density at radius 1 is 1.31 bits per heavy atom. The number of ether oxygens (including phenoxy) is 1. The summed E-state index contributed by atoms with van der Waals surface area (Å²) in [6.07, 6.45) is 3.78. The van der Waals surface area contributed by atoms with Crippen molar-refractivity contribution in [3.05, 3.63) is 41.7 Å². The summed E-state index contributed by atoms with van der Waals surface area (Å²) in [4.78, 5) is 4.20. The van der Waals surface area contributed by atoms with Gasteiger partial charge in [0.25, 0.3) is 0 Å². The predicted molar refractivity (Wildman–Crippen MR) is 66.5 cm³/mol. The summed E-state index contributed by atoms with van der Waals surface area (Å²) in [7, 11) is 1.73. The minimum absolute atomic E-state index is 0.503. The fourth-order valence-corrected chi connectivity index (χ4v) is 2.02. The van der Waals surface area contributed by atoms with Crippen LogP contribution in [0.1, 0.15) is 30.9 Å². The second-order valence-electron chi connectivity index (χ2n) is 4.37. The molecule has 0 aliphatic rings. The standard InChI is InChI=1S/C14H17NO/c1-10(2)13-7-11(9-16-3)6-12-4-5-15-8-14(12)13/h4-8,10H,9H2,1-3H3. The molecule has 0 spiro atoms. The molecule has 0 N–H and O–H groups in total. The Bertz CT molecular complexity index is 491. The maximum absolute atomic E-state index is 5.20. The number of pyridine rings is 1. The molecule has 2 rings (SSSR count). The van der Waals surface area contributed by atoms with Crippen LogP contribution in [0.3, 0.4) is 0 Å². The molecule has 0 saturated carbocycles. The van der Waals surface area contributed by atoms with Crippen LogP contribution in [0, 0.1) is 0 Å². The molecule has 2 heteroatoms. The van der Waals surface area contributed by atoms with E-state index in [1.165, 1.54) is 21.9 Å². The number of benzene rings is 1. The zero-order valence-corrected chi connectivity index (χ0v) is 10.0. The van der Waals surface area contributed by atoms with Gasteiger partial charge in [-0.3, -0.25) is 4.98 Å². The number of fused-ring (bicyclic) bond motifs is 1. The molecule has 0 amide bonds. The third-order valence-electron chi connectivity index (χ3n) is 2.78. The van der Waals surface area contributed by atoms with E-state index in [4.69, 9.17) is 4.74 Å². The molecule has 0 bridgehead atoms. The summed E-state index contributed by atoms with van der Waals surface area (Å²) in [5.41, 5.74) is 2.57. The fraction of sp³-hybridized carbons (Fsp3) is 0.357. The van der Waals surface area contributed by atoms with Crippen molar-refractivity contribution < 1.29 is 4.74 Å². The first-order chi connectivity index (χ1) is 7.72. The minimum atomic E-state index is 0.503. The van der Waals surface area contributed by atoms with Crippen molar-refractivity contribution in [2.24, 2.45) is 0 Å². The maximum atomic E-state index is 5.20. The lowest BCUT2D eigenvalue weighted by Crippen LogP contribution is -1.95. The Labute approximate surface area is 96.3 Å². The van der Waals surface area contributed by atoms with Crippen LogP contribution in [0.25, 0.3) is 10.8 Å². The molecule has 1 aromatic carbocycles. The van der Waals surface area contributed by atoms with E-state index in [0.717, 1.165) is 0 Å². The molecular weight excluding hydrogens is 198 g/mol. The molecule has 0 fully saturated rings. The smallest absolute Gasteiger partial charge is 0.0713 e. The molecular formula is C14H17NO. The normalized spacial score (nSPS) is 11.2. The number of rotatable bonds is 3. The molecule has 0 saturated heterocycles. The molecule has 0 unspecified atom stereocenters. The maximum Gasteiger partial charge on any atom is 0.0713 e. The molecule has 2 nitrogen and oxygen atoms in total. The van der Waals surface area contributed by atoms with Crippen molar-refractivity contribution in [1.82, 2.24) is 4.98 Å². The van der Waals surface area contributed by atoms with Gasteiger partial charge in [-0.15, -0.1) is 0 Å². The average molecular weight is 215 g/mol. The van der Waals surface area contributed by atoms with Gasteiger partial charge in [0.1, 0.15) is 0 Å². The highest BCUT2D eigenvalue weighted by atomic mass is 16.5. The van der Waals surface area contributed by atoms with E-state index in [-0.39, 0.29) is 0 Å². The van der Waals surface area contributed by atoms with Crippen LogP contribution in [0.5, 0.6) is 0 Å². The van der Waals surface area contributed by atoms with E-state index in [1.54, 1.807) is 7.11 Å². The number of nitrogens with zero attached hydrogens (tertiary/aromatic N) is 1. The number of methoxy groups -OCH3 is 1. The first kappa shape index (κ1) is 11.1. The van der Waals surface area contributed by atoms with Crippen molar-refractivity contribution in [2.75, 3.05) is 7.11 Å². The van der Waals surface area contributed by atoms with Crippen LogP contribution in [0.2, 0.25) is 0 Å². The van der Waals surface area contributed by atoms with Gasteiger partial charge in [-0.25, -0.2) is 0 Å². The van der Waals surface area contributed by atoms with E-state index >= 15 is 0 Å². The lowest BCUT2D eigenvalue weighted by molar-refractivity contribution is 0.185. The van der Waals surface area contributed by atoms with Crippen LogP contribution in [-0.2, 0) is 11.3 Å². The summed E-state index contributed by atoms with van der Waals surface area (Å²) in [5, 5.41) is 2.49. The second kappa shape index (κ2) is 4.62. The summed E-state index contributed by atoms with van der Waals surface area (Å²) in [6, 6.07) is 6.45. The van der Waals surface area contributed by atoms with E-state index in [1.807, 2.05) is 12.4 Å². The van der Waals surface area contributed by atoms with Crippen LogP contribution >= 0.6 is 0 Å². The molecule has 1 heterocycles. The van der Waals surface area contributed by atoms with Gasteiger partial charge in [0.15, 0.2) is 0 Å². The first-order valence-electron chi connectivity index (χ1n) is 5.58. The topological polar surface area (TPSA) is 22.1 Å². The zero-order valence-electron chi connectivity index (χ0n) is 10.0. The SMILES string of the molecule is COCc1cc(C(C)C)c2cnccc2c1. The van der Waals surface area contributed by atoms with Crippen molar-refractivity contribution in [1.29, 1.82) is 0 Å². The lowest BCUT2D eigenvalue weighted by atomic mass is 9.95. The molecule has 84 valence electrons. The van der Waals surface area contributed by atoms with Gasteiger partial charge in [0.05, 0.1) is 6.61 Å². The van der Waals surface area contributed by atoms with Crippen molar-refractivity contribution in [2.45, 2.75) is 26.4 Å². The molecule has 0 aliphatic carbocycles. The minimum Gasteiger partial charge on any atom is -0.380 e. The summed E-state index contributed by atoms with van der Waals surface area (Å²) < 4.78 is 5.20. The van der Waals surface area contributed by atoms with Crippen LogP contribution < -0.4 is 0 Å². The molecule has 1 aromatic heterocycles. The van der Waals surface area contributed by atoms with E-state index in [9.17, 15) is 0 Å². The Balaban J connectivity index is 2.64. The van der Waals surface area contributed by atoms with Gasteiger partial charge in [-0.05, 0) is 34.6 Å². The first-order valence-corrected chi connectivity index (χ1v) is 5.58. The quantitative estimate of drug-likeness (QED) is 0.781. The highest BCUT2D eigenvalue weighted by Gasteiger charge is 2.07. The third kappa shape index (κ3) is 2.07. The van der Waals surface area contributed by atoms with Crippen molar-refractivity contribution in [3.8, 4) is 0 Å². The molecule has 0 radical (unpaired) electrons. The number of aromatic nitrogens is 1. The Kier molecular flexibility index (Phi) is 3.20. The largest absolute Gasteiger partial charge is 0.380 e. The highest BCUT2D eigenvalue weighted by molar-refractivity contribution is 5.86. The highest BCUT2D eigenvalue weighted by Crippen LogP contribution is 2.26. The molecule has 16 heavy (non-hydrogen) atoms. The van der Waals surface area contributed by atoms with Gasteiger partial charge in [0.2, 0.25) is 0 Å². The zero-order chi connectivity index (χ0) is 11.5. The molecule has 0 atom stereocenters. The van der Waals surface area contributed by atoms with Crippen molar-refractivity contribution >= 4 is 10.8 Å². The third-order valence-corrected chi connectivity index (χ3v) is 2.78. The summed E-state index contributed by atoms with van der Waals surface area (Å²) in [5.74, 6) is 0.503. The summed E-state index contributed by atoms with van der Waals surface area (Å²) >= 11 is 0. The predicted octanol–water partition coefficient (Wildman–Crippen LogP) is 3.50. The fourth-order valence-electron chi connectivity index (χ4n) is 2.02. The molecule has 2 aromatic rings. The number of hydrogen-bond donors (Lipinski definition) is 0.